The third kappa shape index (κ3) is 3.63. The van der Waals surface area contributed by atoms with Crippen molar-refractivity contribution in [3.05, 3.63) is 81.7 Å². The number of aromatic nitrogens is 4. The predicted octanol–water partition coefficient (Wildman–Crippen LogP) is 4.18. The van der Waals surface area contributed by atoms with E-state index in [0.29, 0.717) is 23.7 Å². The standard InChI is InChI=1S/C22H22FN5O/c1-3-15-6-5-7-18(17(15)4-2)26-22-27-21(29)19-20(25-13-24-19)28(22)12-14-8-10-16(23)11-9-14/h5-11,13H,3-4,12H2,1-2H3,(H,24,25)(H,26,27,29). The van der Waals surface area contributed by atoms with Crippen LogP contribution in [0.2, 0.25) is 0 Å². The Hall–Kier alpha value is -3.48. The van der Waals surface area contributed by atoms with Gasteiger partial charge >= 0.3 is 5.56 Å². The summed E-state index contributed by atoms with van der Waals surface area (Å²) in [4.78, 5) is 23.9. The second-order valence-electron chi connectivity index (χ2n) is 6.83. The number of benzene rings is 2. The molecule has 0 bridgehead atoms. The number of aromatic amines is 1. The lowest BCUT2D eigenvalue weighted by atomic mass is 10.0. The number of halogens is 1. The molecule has 2 heterocycles. The van der Waals surface area contributed by atoms with Crippen molar-refractivity contribution < 1.29 is 4.39 Å². The van der Waals surface area contributed by atoms with Crippen molar-refractivity contribution in [2.75, 3.05) is 5.32 Å². The lowest BCUT2D eigenvalue weighted by Gasteiger charge is -2.18. The maximum absolute atomic E-state index is 13.3. The van der Waals surface area contributed by atoms with Gasteiger partial charge in [0.05, 0.1) is 12.9 Å². The quantitative estimate of drug-likeness (QED) is 0.517. The number of H-pyrrole nitrogens is 1. The SMILES string of the molecule is CCc1cccc(Nc2nc(=O)c3[nH]cnc3n2Cc2ccc(F)cc2)c1CC. The highest BCUT2D eigenvalue weighted by Crippen LogP contribution is 2.25. The molecule has 0 spiro atoms. The highest BCUT2D eigenvalue weighted by molar-refractivity contribution is 5.73. The smallest absolute Gasteiger partial charge is 0.300 e. The van der Waals surface area contributed by atoms with E-state index in [0.717, 1.165) is 24.1 Å². The number of fused-ring (bicyclic) bond motifs is 1. The molecule has 0 aliphatic heterocycles. The van der Waals surface area contributed by atoms with Crippen LogP contribution in [0.3, 0.4) is 0 Å². The summed E-state index contributed by atoms with van der Waals surface area (Å²) >= 11 is 0. The third-order valence-electron chi connectivity index (χ3n) is 5.06. The van der Waals surface area contributed by atoms with E-state index in [1.54, 1.807) is 12.1 Å². The van der Waals surface area contributed by atoms with Crippen LogP contribution in [0, 0.1) is 5.82 Å². The summed E-state index contributed by atoms with van der Waals surface area (Å²) in [6.45, 7) is 4.62. The first-order valence-corrected chi connectivity index (χ1v) is 9.66. The summed E-state index contributed by atoms with van der Waals surface area (Å²) in [6.07, 6.45) is 3.26. The van der Waals surface area contributed by atoms with E-state index >= 15 is 0 Å². The molecule has 0 aliphatic carbocycles. The van der Waals surface area contributed by atoms with Crippen molar-refractivity contribution in [3.63, 3.8) is 0 Å². The van der Waals surface area contributed by atoms with Crippen molar-refractivity contribution in [2.24, 2.45) is 0 Å². The molecule has 4 rings (SSSR count). The predicted molar refractivity (Wildman–Crippen MR) is 112 cm³/mol. The highest BCUT2D eigenvalue weighted by Gasteiger charge is 2.15. The van der Waals surface area contributed by atoms with E-state index in [1.165, 1.54) is 29.6 Å². The minimum absolute atomic E-state index is 0.293. The number of nitrogens with one attached hydrogen (secondary N) is 2. The van der Waals surface area contributed by atoms with Crippen LogP contribution in [-0.4, -0.2) is 19.5 Å². The molecule has 2 aromatic heterocycles. The summed E-state index contributed by atoms with van der Waals surface area (Å²) in [5.74, 6) is 0.112. The van der Waals surface area contributed by atoms with Gasteiger partial charge in [0.2, 0.25) is 5.95 Å². The van der Waals surface area contributed by atoms with Gasteiger partial charge in [-0.15, -0.1) is 0 Å². The number of rotatable bonds is 6. The van der Waals surface area contributed by atoms with Crippen LogP contribution in [0.4, 0.5) is 16.0 Å². The molecule has 2 N–H and O–H groups in total. The molecule has 0 aliphatic rings. The van der Waals surface area contributed by atoms with E-state index in [4.69, 9.17) is 0 Å². The molecule has 0 amide bonds. The minimum Gasteiger partial charge on any atom is -0.339 e. The molecule has 2 aromatic carbocycles. The number of hydrogen-bond donors (Lipinski definition) is 2. The maximum atomic E-state index is 13.3. The summed E-state index contributed by atoms with van der Waals surface area (Å²) < 4.78 is 15.1. The van der Waals surface area contributed by atoms with Crippen LogP contribution in [0.5, 0.6) is 0 Å². The van der Waals surface area contributed by atoms with E-state index in [9.17, 15) is 9.18 Å². The first kappa shape index (κ1) is 18.9. The van der Waals surface area contributed by atoms with Crippen LogP contribution < -0.4 is 10.9 Å². The fraction of sp³-hybridized carbons (Fsp3) is 0.227. The van der Waals surface area contributed by atoms with Crippen molar-refractivity contribution >= 4 is 22.8 Å². The number of nitrogens with zero attached hydrogens (tertiary/aromatic N) is 3. The zero-order chi connectivity index (χ0) is 20.4. The lowest BCUT2D eigenvalue weighted by Crippen LogP contribution is -2.19. The average Bonchev–Trinajstić information content (AvgIpc) is 3.22. The minimum atomic E-state index is -0.375. The molecule has 4 aromatic rings. The van der Waals surface area contributed by atoms with Gasteiger partial charge in [0, 0.05) is 5.69 Å². The topological polar surface area (TPSA) is 75.6 Å². The van der Waals surface area contributed by atoms with Gasteiger partial charge in [-0.2, -0.15) is 4.98 Å². The van der Waals surface area contributed by atoms with E-state index in [-0.39, 0.29) is 11.4 Å². The molecule has 6 nitrogen and oxygen atoms in total. The number of imidazole rings is 1. The van der Waals surface area contributed by atoms with Gasteiger partial charge in [-0.05, 0) is 47.7 Å². The van der Waals surface area contributed by atoms with Gasteiger partial charge < -0.3 is 10.3 Å². The van der Waals surface area contributed by atoms with Gasteiger partial charge in [0.1, 0.15) is 5.82 Å². The largest absolute Gasteiger partial charge is 0.339 e. The second-order valence-corrected chi connectivity index (χ2v) is 6.83. The van der Waals surface area contributed by atoms with Crippen molar-refractivity contribution in [2.45, 2.75) is 33.2 Å². The van der Waals surface area contributed by atoms with Gasteiger partial charge in [0.15, 0.2) is 11.2 Å². The molecular formula is C22H22FN5O. The Labute approximate surface area is 167 Å². The Morgan fingerprint density at radius 3 is 2.62 bits per heavy atom. The summed E-state index contributed by atoms with van der Waals surface area (Å²) in [5, 5.41) is 3.35. The molecule has 0 atom stereocenters. The van der Waals surface area contributed by atoms with Gasteiger partial charge in [-0.1, -0.05) is 38.1 Å². The average molecular weight is 391 g/mol. The maximum Gasteiger partial charge on any atom is 0.300 e. The molecule has 148 valence electrons. The summed E-state index contributed by atoms with van der Waals surface area (Å²) in [6, 6.07) is 12.4. The van der Waals surface area contributed by atoms with Crippen LogP contribution in [0.15, 0.2) is 53.6 Å². The fourth-order valence-corrected chi connectivity index (χ4v) is 3.60. The number of anilines is 2. The Morgan fingerprint density at radius 1 is 1.10 bits per heavy atom. The zero-order valence-electron chi connectivity index (χ0n) is 16.4. The van der Waals surface area contributed by atoms with Gasteiger partial charge in [-0.25, -0.2) is 9.37 Å². The number of hydrogen-bond acceptors (Lipinski definition) is 4. The van der Waals surface area contributed by atoms with Crippen molar-refractivity contribution in [3.8, 4) is 0 Å². The Balaban J connectivity index is 1.84. The van der Waals surface area contributed by atoms with Crippen LogP contribution in [0.1, 0.15) is 30.5 Å². The molecule has 29 heavy (non-hydrogen) atoms. The molecule has 0 unspecified atom stereocenters. The zero-order valence-corrected chi connectivity index (χ0v) is 16.4. The Morgan fingerprint density at radius 2 is 1.90 bits per heavy atom. The molecular weight excluding hydrogens is 369 g/mol. The number of aryl methyl sites for hydroxylation is 1. The van der Waals surface area contributed by atoms with Crippen molar-refractivity contribution in [1.29, 1.82) is 0 Å². The normalized spacial score (nSPS) is 11.1. The summed E-state index contributed by atoms with van der Waals surface area (Å²) in [5.41, 5.74) is 4.71. The first-order chi connectivity index (χ1) is 14.1. The van der Waals surface area contributed by atoms with E-state index in [1.807, 2.05) is 16.7 Å². The molecule has 7 heteroatoms. The van der Waals surface area contributed by atoms with Gasteiger partial charge in [0.25, 0.3) is 0 Å². The Bertz CT molecular complexity index is 1210. The van der Waals surface area contributed by atoms with E-state index < -0.39 is 0 Å². The highest BCUT2D eigenvalue weighted by atomic mass is 19.1. The first-order valence-electron chi connectivity index (χ1n) is 9.66. The molecule has 0 radical (unpaired) electrons. The lowest BCUT2D eigenvalue weighted by molar-refractivity contribution is 0.626. The fourth-order valence-electron chi connectivity index (χ4n) is 3.60. The molecule has 0 saturated carbocycles. The summed E-state index contributed by atoms with van der Waals surface area (Å²) in [7, 11) is 0. The van der Waals surface area contributed by atoms with Crippen LogP contribution in [-0.2, 0) is 19.4 Å². The second kappa shape index (κ2) is 7.87. The molecule has 0 saturated heterocycles. The van der Waals surface area contributed by atoms with E-state index in [2.05, 4.69) is 40.2 Å². The van der Waals surface area contributed by atoms with Crippen molar-refractivity contribution in [1.82, 2.24) is 19.5 Å². The van der Waals surface area contributed by atoms with Crippen LogP contribution in [0.25, 0.3) is 11.2 Å². The van der Waals surface area contributed by atoms with Gasteiger partial charge in [-0.3, -0.25) is 9.36 Å². The van der Waals surface area contributed by atoms with Crippen LogP contribution >= 0.6 is 0 Å². The monoisotopic (exact) mass is 391 g/mol. The Kier molecular flexibility index (Phi) is 5.12. The molecule has 0 fully saturated rings. The third-order valence-corrected chi connectivity index (χ3v) is 5.06.